The van der Waals surface area contributed by atoms with Gasteiger partial charge in [-0.05, 0) is 31.2 Å². The minimum absolute atomic E-state index is 0.294. The Kier molecular flexibility index (Phi) is 7.43. The van der Waals surface area contributed by atoms with Gasteiger partial charge in [-0.1, -0.05) is 13.2 Å². The number of ether oxygens (including phenoxy) is 4. The van der Waals surface area contributed by atoms with Crippen molar-refractivity contribution >= 4 is 11.9 Å². The number of carbonyl (C=O) groups excluding carboxylic acids is 2. The monoisotopic (exact) mass is 316 g/mol. The van der Waals surface area contributed by atoms with E-state index in [9.17, 15) is 9.59 Å². The number of hydrogen-bond donors (Lipinski definition) is 0. The van der Waals surface area contributed by atoms with Crippen molar-refractivity contribution in [3.8, 4) is 11.5 Å². The number of hydrogen-bond acceptors (Lipinski definition) is 6. The molecule has 0 saturated carbocycles. The van der Waals surface area contributed by atoms with E-state index in [1.54, 1.807) is 31.2 Å². The van der Waals surface area contributed by atoms with Crippen LogP contribution in [0.4, 0.5) is 0 Å². The second kappa shape index (κ2) is 9.62. The van der Waals surface area contributed by atoms with Crippen molar-refractivity contribution in [3.05, 3.63) is 74.1 Å². The van der Waals surface area contributed by atoms with Gasteiger partial charge in [0, 0.05) is 11.6 Å². The van der Waals surface area contributed by atoms with Gasteiger partial charge < -0.3 is 18.9 Å². The van der Waals surface area contributed by atoms with Gasteiger partial charge in [-0.2, -0.15) is 0 Å². The Balaban J connectivity index is 2.40. The van der Waals surface area contributed by atoms with E-state index in [0.717, 1.165) is 18.6 Å². The van der Waals surface area contributed by atoms with Crippen molar-refractivity contribution in [3.63, 3.8) is 0 Å². The highest BCUT2D eigenvalue weighted by Crippen LogP contribution is 2.18. The van der Waals surface area contributed by atoms with E-state index < -0.39 is 11.9 Å². The highest BCUT2D eigenvalue weighted by Gasteiger charge is 1.99. The predicted molar refractivity (Wildman–Crippen MR) is 83.2 cm³/mol. The van der Waals surface area contributed by atoms with Gasteiger partial charge in [0.05, 0.1) is 0 Å². The summed E-state index contributed by atoms with van der Waals surface area (Å²) in [6.45, 7) is 8.25. The molecule has 0 bridgehead atoms. The van der Waals surface area contributed by atoms with Crippen LogP contribution in [0.1, 0.15) is 6.92 Å². The second-order valence-electron chi connectivity index (χ2n) is 4.08. The molecule has 1 rings (SSSR count). The van der Waals surface area contributed by atoms with E-state index in [2.05, 4.69) is 17.9 Å². The highest BCUT2D eigenvalue weighted by molar-refractivity contribution is 5.87. The number of rotatable bonds is 8. The Morgan fingerprint density at radius 3 is 1.83 bits per heavy atom. The van der Waals surface area contributed by atoms with Crippen molar-refractivity contribution in [1.82, 2.24) is 0 Å². The number of carbonyl (C=O) groups is 2. The van der Waals surface area contributed by atoms with Crippen LogP contribution in [0.15, 0.2) is 74.1 Å². The molecule has 23 heavy (non-hydrogen) atoms. The van der Waals surface area contributed by atoms with Gasteiger partial charge in [-0.3, -0.25) is 0 Å². The first-order valence-corrected chi connectivity index (χ1v) is 6.46. The molecular formula is C17H16O6. The third kappa shape index (κ3) is 7.33. The summed E-state index contributed by atoms with van der Waals surface area (Å²) in [7, 11) is 0. The molecule has 0 aromatic heterocycles. The Labute approximate surface area is 133 Å². The van der Waals surface area contributed by atoms with Crippen LogP contribution in [-0.2, 0) is 19.1 Å². The molecule has 0 N–H and O–H groups in total. The van der Waals surface area contributed by atoms with Gasteiger partial charge in [-0.25, -0.2) is 9.59 Å². The van der Waals surface area contributed by atoms with Gasteiger partial charge in [0.15, 0.2) is 0 Å². The van der Waals surface area contributed by atoms with Gasteiger partial charge in [0.2, 0.25) is 0 Å². The van der Waals surface area contributed by atoms with Gasteiger partial charge in [0.1, 0.15) is 36.5 Å². The van der Waals surface area contributed by atoms with Crippen molar-refractivity contribution in [2.24, 2.45) is 0 Å². The SMILES string of the molecule is C=CC(=O)O/C=C\Oc1ccc(O/C=C\OC(=O)C(=C)C)cc1. The minimum atomic E-state index is -0.576. The first-order chi connectivity index (χ1) is 11.0. The third-order valence-corrected chi connectivity index (χ3v) is 2.22. The summed E-state index contributed by atoms with van der Waals surface area (Å²) < 4.78 is 19.7. The molecule has 1 aromatic rings. The van der Waals surface area contributed by atoms with Crippen LogP contribution in [0.5, 0.6) is 11.5 Å². The summed E-state index contributed by atoms with van der Waals surface area (Å²) in [5.74, 6) is -0.0757. The molecule has 0 aliphatic heterocycles. The fourth-order valence-electron chi connectivity index (χ4n) is 1.14. The minimum Gasteiger partial charge on any atom is -0.462 e. The lowest BCUT2D eigenvalue weighted by Crippen LogP contribution is -1.99. The summed E-state index contributed by atoms with van der Waals surface area (Å²) >= 11 is 0. The molecule has 0 heterocycles. The lowest BCUT2D eigenvalue weighted by atomic mass is 10.3. The van der Waals surface area contributed by atoms with E-state index in [1.165, 1.54) is 12.5 Å². The molecule has 120 valence electrons. The zero-order valence-electron chi connectivity index (χ0n) is 12.6. The Hall–Kier alpha value is -3.28. The molecule has 6 heteroatoms. The molecule has 0 saturated heterocycles. The van der Waals surface area contributed by atoms with Crippen molar-refractivity contribution in [2.75, 3.05) is 0 Å². The van der Waals surface area contributed by atoms with Crippen LogP contribution in [0.3, 0.4) is 0 Å². The average molecular weight is 316 g/mol. The standard InChI is InChI=1S/C17H16O6/c1-4-16(18)22-11-9-20-14-5-7-15(8-6-14)21-10-12-23-17(19)13(2)3/h4-12H,1-2H2,3H3/b11-9-,12-10-. The summed E-state index contributed by atoms with van der Waals surface area (Å²) in [5.41, 5.74) is 0.294. The lowest BCUT2D eigenvalue weighted by molar-refractivity contribution is -0.134. The van der Waals surface area contributed by atoms with Crippen LogP contribution < -0.4 is 9.47 Å². The normalized spacial score (nSPS) is 10.3. The molecule has 0 fully saturated rings. The fourth-order valence-corrected chi connectivity index (χ4v) is 1.14. The maximum absolute atomic E-state index is 11.1. The summed E-state index contributed by atoms with van der Waals surface area (Å²) in [6, 6.07) is 6.57. The quantitative estimate of drug-likeness (QED) is 0.416. The maximum atomic E-state index is 11.1. The zero-order chi connectivity index (χ0) is 17.1. The van der Waals surface area contributed by atoms with E-state index >= 15 is 0 Å². The molecular weight excluding hydrogens is 300 g/mol. The van der Waals surface area contributed by atoms with E-state index in [1.807, 2.05) is 0 Å². The van der Waals surface area contributed by atoms with Crippen molar-refractivity contribution < 1.29 is 28.5 Å². The molecule has 0 aliphatic carbocycles. The zero-order valence-corrected chi connectivity index (χ0v) is 12.6. The molecule has 1 aromatic carbocycles. The van der Waals surface area contributed by atoms with Gasteiger partial charge in [-0.15, -0.1) is 0 Å². The molecule has 0 amide bonds. The Bertz CT molecular complexity index is 625. The van der Waals surface area contributed by atoms with Gasteiger partial charge >= 0.3 is 11.9 Å². The topological polar surface area (TPSA) is 71.1 Å². The third-order valence-electron chi connectivity index (χ3n) is 2.22. The van der Waals surface area contributed by atoms with E-state index in [4.69, 9.17) is 14.2 Å². The van der Waals surface area contributed by atoms with Crippen LogP contribution in [0.2, 0.25) is 0 Å². The largest absolute Gasteiger partial charge is 0.462 e. The second-order valence-corrected chi connectivity index (χ2v) is 4.08. The molecule has 0 aliphatic rings. The van der Waals surface area contributed by atoms with E-state index in [0.29, 0.717) is 17.1 Å². The first kappa shape index (κ1) is 17.8. The molecule has 0 spiro atoms. The number of esters is 2. The first-order valence-electron chi connectivity index (χ1n) is 6.46. The summed E-state index contributed by atoms with van der Waals surface area (Å²) in [6.07, 6.45) is 5.71. The molecule has 6 nitrogen and oxygen atoms in total. The molecule has 0 atom stereocenters. The Morgan fingerprint density at radius 2 is 1.39 bits per heavy atom. The maximum Gasteiger partial charge on any atom is 0.338 e. The molecule has 0 radical (unpaired) electrons. The lowest BCUT2D eigenvalue weighted by Gasteiger charge is -2.03. The van der Waals surface area contributed by atoms with Crippen LogP contribution in [0, 0.1) is 0 Å². The smallest absolute Gasteiger partial charge is 0.338 e. The van der Waals surface area contributed by atoms with Crippen molar-refractivity contribution in [1.29, 1.82) is 0 Å². The van der Waals surface area contributed by atoms with Gasteiger partial charge in [0.25, 0.3) is 0 Å². The number of benzene rings is 1. The molecule has 0 unspecified atom stereocenters. The summed E-state index contributed by atoms with van der Waals surface area (Å²) in [4.78, 5) is 21.9. The van der Waals surface area contributed by atoms with Crippen molar-refractivity contribution in [2.45, 2.75) is 6.92 Å². The highest BCUT2D eigenvalue weighted by atomic mass is 16.5. The Morgan fingerprint density at radius 1 is 0.913 bits per heavy atom. The fraction of sp³-hybridized carbons (Fsp3) is 0.0588. The van der Waals surface area contributed by atoms with Crippen LogP contribution in [-0.4, -0.2) is 11.9 Å². The predicted octanol–water partition coefficient (Wildman–Crippen LogP) is 3.24. The van der Waals surface area contributed by atoms with Crippen LogP contribution in [0.25, 0.3) is 0 Å². The van der Waals surface area contributed by atoms with Crippen LogP contribution >= 0.6 is 0 Å². The average Bonchev–Trinajstić information content (AvgIpc) is 2.56. The summed E-state index contributed by atoms with van der Waals surface area (Å²) in [5, 5.41) is 0. The van der Waals surface area contributed by atoms with E-state index in [-0.39, 0.29) is 0 Å².